The van der Waals surface area contributed by atoms with Crippen molar-refractivity contribution in [3.05, 3.63) is 93.9 Å². The first-order valence-electron chi connectivity index (χ1n) is 9.37. The smallest absolute Gasteiger partial charge is 0.342 e. The summed E-state index contributed by atoms with van der Waals surface area (Å²) in [6.07, 6.45) is 1.17. The Kier molecular flexibility index (Phi) is 4.78. The molecule has 1 N–H and O–H groups in total. The Hall–Kier alpha value is -4.01. The highest BCUT2D eigenvalue weighted by Crippen LogP contribution is 2.36. The summed E-state index contributed by atoms with van der Waals surface area (Å²) in [5.41, 5.74) is -0.0705. The van der Waals surface area contributed by atoms with Gasteiger partial charge in [0.2, 0.25) is 0 Å². The molecule has 1 saturated heterocycles. The second-order valence-corrected chi connectivity index (χ2v) is 6.94. The van der Waals surface area contributed by atoms with Gasteiger partial charge in [-0.25, -0.2) is 14.3 Å². The van der Waals surface area contributed by atoms with Crippen LogP contribution in [0.2, 0.25) is 0 Å². The van der Waals surface area contributed by atoms with E-state index in [4.69, 9.17) is 0 Å². The van der Waals surface area contributed by atoms with E-state index in [1.807, 2.05) is 12.1 Å². The third-order valence-corrected chi connectivity index (χ3v) is 5.29. The summed E-state index contributed by atoms with van der Waals surface area (Å²) in [4.78, 5) is 42.2. The Labute approximate surface area is 172 Å². The average molecular weight is 405 g/mol. The predicted octanol–water partition coefficient (Wildman–Crippen LogP) is 2.60. The summed E-state index contributed by atoms with van der Waals surface area (Å²) in [7, 11) is 0. The number of nitrogens with zero attached hydrogens (tertiary/aromatic N) is 4. The standard InChI is InChI=1S/C21H19N5O4/c1-15-22-14-18(26(29)30)24(15)12-13-25-19(27)21(23-20(25)28,16-8-4-2-5-9-16)17-10-6-3-7-11-17/h2-11,14H,12-13H2,1H3,(H,23,28). The highest BCUT2D eigenvalue weighted by molar-refractivity contribution is 6.09. The van der Waals surface area contributed by atoms with Gasteiger partial charge in [0.25, 0.3) is 5.91 Å². The molecule has 9 heteroatoms. The monoisotopic (exact) mass is 405 g/mol. The van der Waals surface area contributed by atoms with Crippen LogP contribution in [-0.4, -0.2) is 37.9 Å². The first kappa shape index (κ1) is 19.3. The van der Waals surface area contributed by atoms with Crippen LogP contribution in [0, 0.1) is 17.0 Å². The molecular formula is C21H19N5O4. The number of aromatic nitrogens is 2. The number of carbonyl (C=O) groups is 2. The molecule has 4 rings (SSSR count). The summed E-state index contributed by atoms with van der Waals surface area (Å²) >= 11 is 0. The van der Waals surface area contributed by atoms with Crippen LogP contribution in [0.3, 0.4) is 0 Å². The molecule has 0 bridgehead atoms. The molecule has 0 atom stereocenters. The number of imidazole rings is 1. The Morgan fingerprint density at radius 1 is 1.00 bits per heavy atom. The zero-order chi connectivity index (χ0) is 21.3. The van der Waals surface area contributed by atoms with Crippen molar-refractivity contribution >= 4 is 17.8 Å². The van der Waals surface area contributed by atoms with Gasteiger partial charge in [-0.3, -0.25) is 9.69 Å². The number of carbonyl (C=O) groups excluding carboxylic acids is 2. The maximum absolute atomic E-state index is 13.6. The van der Waals surface area contributed by atoms with Crippen LogP contribution >= 0.6 is 0 Å². The van der Waals surface area contributed by atoms with E-state index in [0.29, 0.717) is 17.0 Å². The van der Waals surface area contributed by atoms with Gasteiger partial charge in [-0.15, -0.1) is 0 Å². The lowest BCUT2D eigenvalue weighted by atomic mass is 9.82. The van der Waals surface area contributed by atoms with E-state index in [1.54, 1.807) is 55.5 Å². The van der Waals surface area contributed by atoms with Gasteiger partial charge in [-0.2, -0.15) is 0 Å². The zero-order valence-corrected chi connectivity index (χ0v) is 16.2. The summed E-state index contributed by atoms with van der Waals surface area (Å²) in [5, 5.41) is 14.1. The minimum absolute atomic E-state index is 0.0237. The minimum atomic E-state index is -1.35. The molecule has 2 heterocycles. The van der Waals surface area contributed by atoms with Crippen LogP contribution in [0.5, 0.6) is 0 Å². The van der Waals surface area contributed by atoms with Gasteiger partial charge in [0.15, 0.2) is 11.4 Å². The molecule has 9 nitrogen and oxygen atoms in total. The van der Waals surface area contributed by atoms with Crippen LogP contribution in [0.1, 0.15) is 17.0 Å². The van der Waals surface area contributed by atoms with Crippen LogP contribution in [-0.2, 0) is 16.9 Å². The number of rotatable bonds is 6. The molecule has 0 saturated carbocycles. The summed E-state index contributed by atoms with van der Waals surface area (Å²) < 4.78 is 1.38. The van der Waals surface area contributed by atoms with Crippen molar-refractivity contribution in [2.75, 3.05) is 6.54 Å². The lowest BCUT2D eigenvalue weighted by Crippen LogP contribution is -2.45. The van der Waals surface area contributed by atoms with Crippen LogP contribution in [0.15, 0.2) is 66.9 Å². The highest BCUT2D eigenvalue weighted by atomic mass is 16.6. The fourth-order valence-electron chi connectivity index (χ4n) is 3.79. The van der Waals surface area contributed by atoms with E-state index >= 15 is 0 Å². The SMILES string of the molecule is Cc1ncc([N+](=O)[O-])n1CCN1C(=O)NC(c2ccccc2)(c2ccccc2)C1=O. The molecule has 0 aliphatic carbocycles. The van der Waals surface area contributed by atoms with Gasteiger partial charge >= 0.3 is 11.8 Å². The van der Waals surface area contributed by atoms with E-state index in [9.17, 15) is 19.7 Å². The van der Waals surface area contributed by atoms with Gasteiger partial charge in [-0.1, -0.05) is 60.7 Å². The predicted molar refractivity (Wildman–Crippen MR) is 108 cm³/mol. The molecule has 1 aliphatic heterocycles. The quantitative estimate of drug-likeness (QED) is 0.385. The van der Waals surface area contributed by atoms with Crippen molar-refractivity contribution in [3.8, 4) is 0 Å². The number of nitro groups is 1. The Morgan fingerprint density at radius 2 is 1.57 bits per heavy atom. The van der Waals surface area contributed by atoms with E-state index in [-0.39, 0.29) is 18.9 Å². The zero-order valence-electron chi connectivity index (χ0n) is 16.2. The Bertz CT molecular complexity index is 1070. The van der Waals surface area contributed by atoms with Crippen molar-refractivity contribution in [1.82, 2.24) is 19.8 Å². The molecule has 3 aromatic rings. The first-order valence-corrected chi connectivity index (χ1v) is 9.37. The largest absolute Gasteiger partial charge is 0.358 e. The average Bonchev–Trinajstić information content (AvgIpc) is 3.25. The fraction of sp³-hybridized carbons (Fsp3) is 0.190. The van der Waals surface area contributed by atoms with Gasteiger partial charge in [-0.05, 0) is 16.1 Å². The van der Waals surface area contributed by atoms with E-state index in [2.05, 4.69) is 10.3 Å². The second-order valence-electron chi connectivity index (χ2n) is 6.94. The molecule has 1 fully saturated rings. The number of urea groups is 1. The fourth-order valence-corrected chi connectivity index (χ4v) is 3.79. The number of imide groups is 1. The molecule has 1 aliphatic rings. The van der Waals surface area contributed by atoms with Gasteiger partial charge in [0.1, 0.15) is 12.7 Å². The van der Waals surface area contributed by atoms with Crippen LogP contribution in [0.4, 0.5) is 10.6 Å². The summed E-state index contributed by atoms with van der Waals surface area (Å²) in [6, 6.07) is 17.5. The summed E-state index contributed by atoms with van der Waals surface area (Å²) in [5.74, 6) is -0.173. The maximum Gasteiger partial charge on any atom is 0.342 e. The van der Waals surface area contributed by atoms with Crippen molar-refractivity contribution in [3.63, 3.8) is 0 Å². The van der Waals surface area contributed by atoms with Gasteiger partial charge in [0.05, 0.1) is 6.54 Å². The molecule has 0 unspecified atom stereocenters. The molecule has 30 heavy (non-hydrogen) atoms. The van der Waals surface area contributed by atoms with Crippen LogP contribution in [0.25, 0.3) is 0 Å². The molecule has 3 amide bonds. The third-order valence-electron chi connectivity index (χ3n) is 5.29. The highest BCUT2D eigenvalue weighted by Gasteiger charge is 2.53. The third kappa shape index (κ3) is 3.00. The lowest BCUT2D eigenvalue weighted by Gasteiger charge is -2.28. The van der Waals surface area contributed by atoms with Crippen molar-refractivity contribution in [2.24, 2.45) is 0 Å². The van der Waals surface area contributed by atoms with E-state index in [0.717, 1.165) is 4.90 Å². The maximum atomic E-state index is 13.6. The number of aryl methyl sites for hydroxylation is 1. The molecule has 0 spiro atoms. The minimum Gasteiger partial charge on any atom is -0.358 e. The number of hydrogen-bond acceptors (Lipinski definition) is 5. The normalized spacial score (nSPS) is 15.3. The van der Waals surface area contributed by atoms with Crippen LogP contribution < -0.4 is 5.32 Å². The number of amides is 3. The van der Waals surface area contributed by atoms with Gasteiger partial charge in [0, 0.05) is 6.92 Å². The lowest BCUT2D eigenvalue weighted by molar-refractivity contribution is -0.392. The van der Waals surface area contributed by atoms with Crippen molar-refractivity contribution < 1.29 is 14.5 Å². The van der Waals surface area contributed by atoms with Crippen molar-refractivity contribution in [2.45, 2.75) is 19.0 Å². The molecule has 152 valence electrons. The molecule has 0 radical (unpaired) electrons. The number of nitrogens with one attached hydrogen (secondary N) is 1. The van der Waals surface area contributed by atoms with E-state index in [1.165, 1.54) is 10.8 Å². The molecular weight excluding hydrogens is 386 g/mol. The van der Waals surface area contributed by atoms with Crippen molar-refractivity contribution in [1.29, 1.82) is 0 Å². The topological polar surface area (TPSA) is 110 Å². The number of hydrogen-bond donors (Lipinski definition) is 1. The summed E-state index contributed by atoms with van der Waals surface area (Å²) in [6.45, 7) is 1.68. The van der Waals surface area contributed by atoms with Gasteiger partial charge < -0.3 is 15.4 Å². The van der Waals surface area contributed by atoms with E-state index < -0.39 is 22.4 Å². The number of benzene rings is 2. The Balaban J connectivity index is 1.70. The molecule has 2 aromatic carbocycles. The first-order chi connectivity index (χ1) is 14.4. The molecule has 1 aromatic heterocycles. The Morgan fingerprint density at radius 3 is 2.10 bits per heavy atom. The second kappa shape index (κ2) is 7.43.